The number of rotatable bonds is 3. The van der Waals surface area contributed by atoms with E-state index in [-0.39, 0.29) is 36.1 Å². The molecular formula is C20H24N2O4. The van der Waals surface area contributed by atoms with E-state index in [0.717, 1.165) is 55.5 Å². The maximum absolute atomic E-state index is 12.9. The van der Waals surface area contributed by atoms with Crippen molar-refractivity contribution in [1.82, 2.24) is 4.90 Å². The largest absolute Gasteiger partial charge is 0.497 e. The van der Waals surface area contributed by atoms with Crippen molar-refractivity contribution in [2.45, 2.75) is 38.5 Å². The van der Waals surface area contributed by atoms with Gasteiger partial charge in [-0.2, -0.15) is 0 Å². The minimum atomic E-state index is -0.207. The third kappa shape index (κ3) is 2.77. The lowest BCUT2D eigenvalue weighted by Gasteiger charge is -2.31. The molecule has 3 aliphatic rings. The number of aryl methyl sites for hydroxylation is 1. The molecule has 6 heteroatoms. The maximum atomic E-state index is 12.9. The van der Waals surface area contributed by atoms with Gasteiger partial charge in [0.1, 0.15) is 12.3 Å². The highest BCUT2D eigenvalue weighted by Gasteiger charge is 2.48. The van der Waals surface area contributed by atoms with E-state index in [1.165, 1.54) is 4.90 Å². The third-order valence-electron chi connectivity index (χ3n) is 5.93. The highest BCUT2D eigenvalue weighted by Crippen LogP contribution is 2.38. The second-order valence-corrected chi connectivity index (χ2v) is 7.40. The molecule has 1 aliphatic carbocycles. The molecule has 0 bridgehead atoms. The van der Waals surface area contributed by atoms with Gasteiger partial charge in [0.2, 0.25) is 17.7 Å². The van der Waals surface area contributed by atoms with Gasteiger partial charge in [0, 0.05) is 12.2 Å². The summed E-state index contributed by atoms with van der Waals surface area (Å²) in [6, 6.07) is 5.68. The lowest BCUT2D eigenvalue weighted by atomic mass is 9.81. The van der Waals surface area contributed by atoms with Gasteiger partial charge in [-0.25, -0.2) is 0 Å². The molecule has 0 N–H and O–H groups in total. The summed E-state index contributed by atoms with van der Waals surface area (Å²) in [4.78, 5) is 41.1. The van der Waals surface area contributed by atoms with Crippen molar-refractivity contribution >= 4 is 23.4 Å². The number of fused-ring (bicyclic) bond motifs is 2. The number of anilines is 1. The molecule has 138 valence electrons. The van der Waals surface area contributed by atoms with Gasteiger partial charge >= 0.3 is 0 Å². The summed E-state index contributed by atoms with van der Waals surface area (Å²) in [7, 11) is 1.62. The number of carbonyl (C=O) groups excluding carboxylic acids is 3. The Morgan fingerprint density at radius 2 is 1.81 bits per heavy atom. The van der Waals surface area contributed by atoms with Gasteiger partial charge in [-0.3, -0.25) is 19.3 Å². The van der Waals surface area contributed by atoms with Crippen LogP contribution in [0.3, 0.4) is 0 Å². The van der Waals surface area contributed by atoms with Crippen LogP contribution in [0.25, 0.3) is 0 Å². The lowest BCUT2D eigenvalue weighted by Crippen LogP contribution is -2.45. The van der Waals surface area contributed by atoms with E-state index in [1.54, 1.807) is 12.0 Å². The first kappa shape index (κ1) is 17.1. The molecule has 2 atom stereocenters. The number of hydrogen-bond acceptors (Lipinski definition) is 4. The van der Waals surface area contributed by atoms with E-state index in [2.05, 4.69) is 0 Å². The predicted octanol–water partition coefficient (Wildman–Crippen LogP) is 2.15. The average molecular weight is 356 g/mol. The fraction of sp³-hybridized carbons (Fsp3) is 0.550. The Kier molecular flexibility index (Phi) is 4.42. The van der Waals surface area contributed by atoms with Crippen LogP contribution in [-0.4, -0.2) is 42.8 Å². The summed E-state index contributed by atoms with van der Waals surface area (Å²) in [5.74, 6) is -0.132. The molecule has 0 radical (unpaired) electrons. The van der Waals surface area contributed by atoms with Gasteiger partial charge in [0.15, 0.2) is 0 Å². The van der Waals surface area contributed by atoms with Gasteiger partial charge in [-0.1, -0.05) is 12.8 Å². The number of imide groups is 1. The molecule has 1 saturated heterocycles. The highest BCUT2D eigenvalue weighted by molar-refractivity contribution is 6.09. The molecule has 1 aromatic rings. The fourth-order valence-corrected chi connectivity index (χ4v) is 4.57. The quantitative estimate of drug-likeness (QED) is 0.779. The topological polar surface area (TPSA) is 66.9 Å². The second kappa shape index (κ2) is 6.74. The Hall–Kier alpha value is -2.37. The van der Waals surface area contributed by atoms with E-state index >= 15 is 0 Å². The molecular weight excluding hydrogens is 332 g/mol. The van der Waals surface area contributed by atoms with Crippen LogP contribution in [0.15, 0.2) is 18.2 Å². The van der Waals surface area contributed by atoms with Crippen molar-refractivity contribution in [1.29, 1.82) is 0 Å². The average Bonchev–Trinajstić information content (AvgIpc) is 2.92. The number of methoxy groups -OCH3 is 1. The van der Waals surface area contributed by atoms with E-state index in [9.17, 15) is 14.4 Å². The minimum absolute atomic E-state index is 0.143. The number of nitrogens with zero attached hydrogens (tertiary/aromatic N) is 2. The smallest absolute Gasteiger partial charge is 0.247 e. The minimum Gasteiger partial charge on any atom is -0.497 e. The SMILES string of the molecule is COc1ccc2c(c1)CCCN2C(=O)CN1C(=O)C2CCCCC2C1=O. The zero-order chi connectivity index (χ0) is 18.3. The number of likely N-dealkylation sites (tertiary alicyclic amines) is 1. The Balaban J connectivity index is 1.53. The first-order valence-electron chi connectivity index (χ1n) is 9.42. The molecule has 1 saturated carbocycles. The molecule has 26 heavy (non-hydrogen) atoms. The first-order chi connectivity index (χ1) is 12.6. The molecule has 6 nitrogen and oxygen atoms in total. The van der Waals surface area contributed by atoms with E-state index < -0.39 is 0 Å². The molecule has 2 heterocycles. The number of amides is 3. The zero-order valence-corrected chi connectivity index (χ0v) is 15.1. The van der Waals surface area contributed by atoms with Crippen LogP contribution >= 0.6 is 0 Å². The first-order valence-corrected chi connectivity index (χ1v) is 9.42. The summed E-state index contributed by atoms with van der Waals surface area (Å²) < 4.78 is 5.26. The third-order valence-corrected chi connectivity index (χ3v) is 5.93. The Bertz CT molecular complexity index is 736. The standard InChI is InChI=1S/C20H24N2O4/c1-26-14-8-9-17-13(11-14)5-4-10-21(17)18(23)12-22-19(24)15-6-2-3-7-16(15)20(22)25/h8-9,11,15-16H,2-7,10,12H2,1H3. The summed E-state index contributed by atoms with van der Waals surface area (Å²) >= 11 is 0. The molecule has 2 aliphatic heterocycles. The van der Waals surface area contributed by atoms with Crippen LogP contribution in [0, 0.1) is 11.8 Å². The maximum Gasteiger partial charge on any atom is 0.247 e. The Morgan fingerprint density at radius 3 is 2.46 bits per heavy atom. The molecule has 3 amide bonds. The fourth-order valence-electron chi connectivity index (χ4n) is 4.57. The second-order valence-electron chi connectivity index (χ2n) is 7.40. The normalized spacial score (nSPS) is 25.1. The monoisotopic (exact) mass is 356 g/mol. The van der Waals surface area contributed by atoms with Crippen LogP contribution < -0.4 is 9.64 Å². The number of hydrogen-bond donors (Lipinski definition) is 0. The lowest BCUT2D eigenvalue weighted by molar-refractivity contribution is -0.143. The molecule has 0 spiro atoms. The summed E-state index contributed by atoms with van der Waals surface area (Å²) in [5.41, 5.74) is 1.93. The van der Waals surface area contributed by atoms with Crippen molar-refractivity contribution in [3.63, 3.8) is 0 Å². The molecule has 4 rings (SSSR count). The number of benzene rings is 1. The highest BCUT2D eigenvalue weighted by atomic mass is 16.5. The molecule has 2 fully saturated rings. The van der Waals surface area contributed by atoms with Crippen molar-refractivity contribution in [2.75, 3.05) is 25.1 Å². The molecule has 0 aromatic heterocycles. The van der Waals surface area contributed by atoms with Crippen LogP contribution in [0.2, 0.25) is 0 Å². The van der Waals surface area contributed by atoms with Gasteiger partial charge in [0.05, 0.1) is 18.9 Å². The Morgan fingerprint density at radius 1 is 1.12 bits per heavy atom. The van der Waals surface area contributed by atoms with E-state index in [1.807, 2.05) is 18.2 Å². The summed E-state index contributed by atoms with van der Waals surface area (Å²) in [6.07, 6.45) is 5.27. The predicted molar refractivity (Wildman–Crippen MR) is 95.8 cm³/mol. The van der Waals surface area contributed by atoms with Crippen molar-refractivity contribution < 1.29 is 19.1 Å². The van der Waals surface area contributed by atoms with Crippen molar-refractivity contribution in [3.05, 3.63) is 23.8 Å². The number of carbonyl (C=O) groups is 3. The van der Waals surface area contributed by atoms with Crippen molar-refractivity contribution in [2.24, 2.45) is 11.8 Å². The van der Waals surface area contributed by atoms with Crippen molar-refractivity contribution in [3.8, 4) is 5.75 Å². The zero-order valence-electron chi connectivity index (χ0n) is 15.1. The van der Waals surface area contributed by atoms with E-state index in [0.29, 0.717) is 6.54 Å². The molecule has 2 unspecified atom stereocenters. The van der Waals surface area contributed by atoms with Gasteiger partial charge < -0.3 is 9.64 Å². The van der Waals surface area contributed by atoms with Crippen LogP contribution in [0.4, 0.5) is 5.69 Å². The summed E-state index contributed by atoms with van der Waals surface area (Å²) in [6.45, 7) is 0.470. The molecule has 1 aromatic carbocycles. The van der Waals surface area contributed by atoms with Crippen LogP contribution in [-0.2, 0) is 20.8 Å². The van der Waals surface area contributed by atoms with Crippen LogP contribution in [0.5, 0.6) is 5.75 Å². The van der Waals surface area contributed by atoms with Gasteiger partial charge in [-0.15, -0.1) is 0 Å². The van der Waals surface area contributed by atoms with Gasteiger partial charge in [-0.05, 0) is 49.4 Å². The summed E-state index contributed by atoms with van der Waals surface area (Å²) in [5, 5.41) is 0. The van der Waals surface area contributed by atoms with Crippen LogP contribution in [0.1, 0.15) is 37.7 Å². The van der Waals surface area contributed by atoms with E-state index in [4.69, 9.17) is 4.74 Å². The number of ether oxygens (including phenoxy) is 1. The Labute approximate surface area is 153 Å². The van der Waals surface area contributed by atoms with Gasteiger partial charge in [0.25, 0.3) is 0 Å².